The number of piperazine rings is 1. The molecule has 2 fully saturated rings. The summed E-state index contributed by atoms with van der Waals surface area (Å²) >= 11 is 1.12. The highest BCUT2D eigenvalue weighted by Crippen LogP contribution is 2.21. The van der Waals surface area contributed by atoms with Crippen LogP contribution in [0, 0.1) is 6.92 Å². The Hall–Kier alpha value is -4.52. The Labute approximate surface area is 231 Å². The first kappa shape index (κ1) is 28.5. The summed E-state index contributed by atoms with van der Waals surface area (Å²) in [4.78, 5) is 78.2. The molecule has 1 unspecified atom stereocenters. The van der Waals surface area contributed by atoms with Gasteiger partial charge in [0.1, 0.15) is 17.8 Å². The third kappa shape index (κ3) is 6.04. The second kappa shape index (κ2) is 11.3. The number of thiophene rings is 1. The zero-order valence-corrected chi connectivity index (χ0v) is 22.7. The quantitative estimate of drug-likeness (QED) is 0.212. The molecule has 8 amide bonds. The van der Waals surface area contributed by atoms with Gasteiger partial charge in [0.2, 0.25) is 5.91 Å². The minimum Gasteiger partial charge on any atom is -0.360 e. The molecule has 0 aliphatic carbocycles. The summed E-state index contributed by atoms with van der Waals surface area (Å²) in [5, 5.41) is 9.90. The average Bonchev–Trinajstić information content (AvgIpc) is 3.57. The minimum absolute atomic E-state index is 0.0672. The zero-order valence-electron chi connectivity index (χ0n) is 21.1. The van der Waals surface area contributed by atoms with Crippen LogP contribution >= 0.6 is 11.3 Å². The Morgan fingerprint density at radius 3 is 2.50 bits per heavy atom. The fourth-order valence-electron chi connectivity index (χ4n) is 3.81. The van der Waals surface area contributed by atoms with E-state index in [1.165, 1.54) is 17.9 Å². The number of anilines is 1. The summed E-state index contributed by atoms with van der Waals surface area (Å²) in [6, 6.07) is -0.311. The molecular formula is C21H24N8O9S2. The lowest BCUT2D eigenvalue weighted by molar-refractivity contribution is -0.153. The highest BCUT2D eigenvalue weighted by Gasteiger charge is 2.44. The van der Waals surface area contributed by atoms with Crippen LogP contribution in [0.1, 0.15) is 23.6 Å². The molecule has 2 saturated heterocycles. The van der Waals surface area contributed by atoms with Crippen molar-refractivity contribution in [2.75, 3.05) is 30.9 Å². The van der Waals surface area contributed by atoms with Gasteiger partial charge >= 0.3 is 34.1 Å². The lowest BCUT2D eigenvalue weighted by Crippen LogP contribution is -2.68. The minimum atomic E-state index is -4.45. The molecule has 4 N–H and O–H groups in total. The topological polar surface area (TPSA) is 220 Å². The number of nitrogens with zero attached hydrogens (tertiary/aromatic N) is 4. The van der Waals surface area contributed by atoms with Gasteiger partial charge in [0.15, 0.2) is 5.82 Å². The van der Waals surface area contributed by atoms with Gasteiger partial charge in [0.25, 0.3) is 5.91 Å². The number of carbonyl (C=O) groups is 6. The molecule has 40 heavy (non-hydrogen) atoms. The first-order valence-electron chi connectivity index (χ1n) is 11.7. The maximum atomic E-state index is 13.1. The Morgan fingerprint density at radius 1 is 1.15 bits per heavy atom. The number of likely N-dealkylation sites (N-methyl/N-ethyl adjacent to an activating group) is 1. The van der Waals surface area contributed by atoms with Crippen LogP contribution in [-0.2, 0) is 29.4 Å². The number of aromatic nitrogens is 1. The lowest BCUT2D eigenvalue weighted by atomic mass is 10.1. The number of β-lactam (4-membered cyclic amide) rings is 1. The number of aryl methyl sites for hydroxylation is 1. The van der Waals surface area contributed by atoms with Gasteiger partial charge in [-0.05, 0) is 25.3 Å². The molecule has 0 saturated carbocycles. The summed E-state index contributed by atoms with van der Waals surface area (Å²) in [5.41, 5.74) is 0. The van der Waals surface area contributed by atoms with Crippen molar-refractivity contribution in [2.24, 2.45) is 0 Å². The monoisotopic (exact) mass is 596 g/mol. The molecule has 2 aromatic rings. The largest absolute Gasteiger partial charge is 0.360 e. The summed E-state index contributed by atoms with van der Waals surface area (Å²) < 4.78 is 32.6. The van der Waals surface area contributed by atoms with Crippen molar-refractivity contribution in [1.29, 1.82) is 0 Å². The number of hydrogen-bond acceptors (Lipinski definition) is 11. The van der Waals surface area contributed by atoms with E-state index >= 15 is 0 Å². The molecular weight excluding hydrogens is 572 g/mol. The zero-order chi connectivity index (χ0) is 29.2. The molecule has 2 aromatic heterocycles. The van der Waals surface area contributed by atoms with Crippen molar-refractivity contribution in [1.82, 2.24) is 35.2 Å². The number of likely N-dealkylation sites (tertiary alicyclic amines) is 1. The number of carbonyl (C=O) groups excluding carboxylic acids is 6. The van der Waals surface area contributed by atoms with Gasteiger partial charge in [-0.1, -0.05) is 11.2 Å². The molecule has 0 radical (unpaired) electrons. The van der Waals surface area contributed by atoms with Crippen LogP contribution in [0.25, 0.3) is 0 Å². The van der Waals surface area contributed by atoms with Crippen LogP contribution in [-0.4, -0.2) is 96.2 Å². The van der Waals surface area contributed by atoms with Crippen molar-refractivity contribution >= 4 is 63.1 Å². The Kier molecular flexibility index (Phi) is 8.05. The van der Waals surface area contributed by atoms with E-state index < -0.39 is 58.0 Å². The maximum absolute atomic E-state index is 13.1. The SMILES string of the molecule is CCN1CCN(C(=O)NC(C(=O)N[C@H]2CN(C(=O)NS(=O)(=O)Nc3cc(C)on3)C2=O)c2cccs2)C(=O)C1=O. The van der Waals surface area contributed by atoms with E-state index in [0.29, 0.717) is 27.0 Å². The van der Waals surface area contributed by atoms with Gasteiger partial charge in [-0.2, -0.15) is 8.42 Å². The fraction of sp³-hybridized carbons (Fsp3) is 0.381. The molecule has 2 atom stereocenters. The lowest BCUT2D eigenvalue weighted by Gasteiger charge is -2.37. The number of rotatable bonds is 8. The summed E-state index contributed by atoms with van der Waals surface area (Å²) in [7, 11) is -4.45. The highest BCUT2D eigenvalue weighted by atomic mass is 32.2. The molecule has 0 spiro atoms. The normalized spacial score (nSPS) is 18.2. The molecule has 214 valence electrons. The first-order valence-corrected chi connectivity index (χ1v) is 14.1. The van der Waals surface area contributed by atoms with Gasteiger partial charge in [-0.3, -0.25) is 29.0 Å². The second-order valence-electron chi connectivity index (χ2n) is 8.59. The van der Waals surface area contributed by atoms with Crippen LogP contribution in [0.5, 0.6) is 0 Å². The average molecular weight is 597 g/mol. The van der Waals surface area contributed by atoms with Crippen molar-refractivity contribution < 1.29 is 41.7 Å². The first-order chi connectivity index (χ1) is 18.9. The van der Waals surface area contributed by atoms with E-state index in [1.54, 1.807) is 29.2 Å². The molecule has 2 aliphatic heterocycles. The molecule has 0 bridgehead atoms. The van der Waals surface area contributed by atoms with E-state index in [0.717, 1.165) is 11.3 Å². The van der Waals surface area contributed by atoms with Gasteiger partial charge in [0.05, 0.1) is 6.54 Å². The number of imide groups is 2. The Morgan fingerprint density at radius 2 is 1.90 bits per heavy atom. The molecule has 4 rings (SSSR count). The molecule has 0 aromatic carbocycles. The van der Waals surface area contributed by atoms with Crippen LogP contribution in [0.4, 0.5) is 15.4 Å². The summed E-state index contributed by atoms with van der Waals surface area (Å²) in [6.07, 6.45) is 0. The van der Waals surface area contributed by atoms with Crippen molar-refractivity contribution in [3.8, 4) is 0 Å². The van der Waals surface area contributed by atoms with Gasteiger partial charge in [-0.25, -0.2) is 19.0 Å². The van der Waals surface area contributed by atoms with E-state index in [9.17, 15) is 37.2 Å². The van der Waals surface area contributed by atoms with E-state index in [2.05, 4.69) is 15.8 Å². The third-order valence-electron chi connectivity index (χ3n) is 5.87. The van der Waals surface area contributed by atoms with Gasteiger partial charge < -0.3 is 20.1 Å². The Balaban J connectivity index is 1.35. The van der Waals surface area contributed by atoms with Crippen molar-refractivity contribution in [3.63, 3.8) is 0 Å². The predicted octanol–water partition coefficient (Wildman–Crippen LogP) is -1.12. The van der Waals surface area contributed by atoms with Crippen molar-refractivity contribution in [2.45, 2.75) is 25.9 Å². The third-order valence-corrected chi connectivity index (χ3v) is 7.73. The second-order valence-corrected chi connectivity index (χ2v) is 11.0. The van der Waals surface area contributed by atoms with E-state index in [1.807, 2.05) is 4.72 Å². The maximum Gasteiger partial charge on any atom is 0.339 e. The van der Waals surface area contributed by atoms with Crippen LogP contribution < -0.4 is 20.1 Å². The molecule has 19 heteroatoms. The van der Waals surface area contributed by atoms with Crippen LogP contribution in [0.2, 0.25) is 0 Å². The molecule has 4 heterocycles. The predicted molar refractivity (Wildman–Crippen MR) is 136 cm³/mol. The Bertz CT molecular complexity index is 1460. The van der Waals surface area contributed by atoms with Gasteiger partial charge in [-0.15, -0.1) is 11.3 Å². The number of hydrogen-bond donors (Lipinski definition) is 4. The summed E-state index contributed by atoms with van der Waals surface area (Å²) in [6.45, 7) is 3.24. The summed E-state index contributed by atoms with van der Waals surface area (Å²) in [5.74, 6) is -3.46. The van der Waals surface area contributed by atoms with Crippen LogP contribution in [0.3, 0.4) is 0 Å². The van der Waals surface area contributed by atoms with E-state index in [4.69, 9.17) is 4.52 Å². The fourth-order valence-corrected chi connectivity index (χ4v) is 5.35. The van der Waals surface area contributed by atoms with Crippen LogP contribution in [0.15, 0.2) is 28.1 Å². The standard InChI is InChI=1S/C21H24N8O9S2/c1-3-27-6-7-28(19(33)18(27)32)20(34)23-15(13-5-4-8-39-13)16(30)22-12-10-29(17(12)31)21(35)26-40(36,37)25-14-9-11(2)38-24-14/h4-5,8-9,12,15H,3,6-7,10H2,1-2H3,(H,22,30)(H,23,34)(H,24,25)(H,26,35)/t12-,15?/m0/s1. The molecule has 17 nitrogen and oxygen atoms in total. The smallest absolute Gasteiger partial charge is 0.339 e. The number of nitrogens with one attached hydrogen (secondary N) is 4. The van der Waals surface area contributed by atoms with E-state index in [-0.39, 0.29) is 25.5 Å². The highest BCUT2D eigenvalue weighted by molar-refractivity contribution is 7.91. The van der Waals surface area contributed by atoms with Crippen molar-refractivity contribution in [3.05, 3.63) is 34.2 Å². The molecule has 2 aliphatic rings. The number of amides is 8. The number of urea groups is 2. The van der Waals surface area contributed by atoms with Gasteiger partial charge in [0, 0.05) is 30.6 Å².